The summed E-state index contributed by atoms with van der Waals surface area (Å²) >= 11 is 0. The molecule has 0 saturated heterocycles. The number of nitrogens with two attached hydrogens (primary N) is 2. The second-order valence-electron chi connectivity index (χ2n) is 7.29. The van der Waals surface area contributed by atoms with Crippen molar-refractivity contribution in [1.82, 2.24) is 0 Å². The van der Waals surface area contributed by atoms with Crippen LogP contribution >= 0.6 is 0 Å². The summed E-state index contributed by atoms with van der Waals surface area (Å²) in [5.41, 5.74) is 11.0. The maximum atomic E-state index is 5.50. The second kappa shape index (κ2) is 21.9. The number of unbranched alkanes of at least 4 members (excludes halogenated alkanes) is 18. The summed E-state index contributed by atoms with van der Waals surface area (Å²) in [6.45, 7) is 1.74. The molecular weight excluding hydrogens is 280 g/mol. The second-order valence-corrected chi connectivity index (χ2v) is 7.29. The monoisotopic (exact) mass is 326 g/mol. The molecule has 0 radical (unpaired) electrons. The molecule has 0 spiro atoms. The van der Waals surface area contributed by atoms with Gasteiger partial charge in [-0.05, 0) is 25.9 Å². The van der Waals surface area contributed by atoms with Gasteiger partial charge >= 0.3 is 0 Å². The minimum atomic E-state index is 0.870. The Balaban J connectivity index is 2.92. The lowest BCUT2D eigenvalue weighted by atomic mass is 10.0. The highest BCUT2D eigenvalue weighted by molar-refractivity contribution is 4.51. The van der Waals surface area contributed by atoms with Crippen molar-refractivity contribution < 1.29 is 0 Å². The van der Waals surface area contributed by atoms with Crippen LogP contribution < -0.4 is 11.5 Å². The number of rotatable bonds is 20. The molecule has 0 heterocycles. The Morgan fingerprint density at radius 2 is 0.348 bits per heavy atom. The minimum absolute atomic E-state index is 0.870. The summed E-state index contributed by atoms with van der Waals surface area (Å²) in [6, 6.07) is 0. The van der Waals surface area contributed by atoms with E-state index in [2.05, 4.69) is 0 Å². The lowest BCUT2D eigenvalue weighted by Crippen LogP contribution is -1.97. The van der Waals surface area contributed by atoms with Gasteiger partial charge in [-0.15, -0.1) is 0 Å². The number of hydrogen-bond acceptors (Lipinski definition) is 2. The highest BCUT2D eigenvalue weighted by Crippen LogP contribution is 2.14. The van der Waals surface area contributed by atoms with E-state index in [0.717, 1.165) is 13.1 Å². The van der Waals surface area contributed by atoms with Gasteiger partial charge < -0.3 is 11.5 Å². The third-order valence-electron chi connectivity index (χ3n) is 4.91. The molecule has 0 aliphatic rings. The molecule has 0 aromatic carbocycles. The van der Waals surface area contributed by atoms with Gasteiger partial charge in [0.15, 0.2) is 0 Å². The quantitative estimate of drug-likeness (QED) is 0.257. The summed E-state index contributed by atoms with van der Waals surface area (Å²) in [6.07, 6.45) is 26.8. The Morgan fingerprint density at radius 1 is 0.217 bits per heavy atom. The van der Waals surface area contributed by atoms with Gasteiger partial charge in [-0.2, -0.15) is 0 Å². The summed E-state index contributed by atoms with van der Waals surface area (Å²) in [5, 5.41) is 0. The summed E-state index contributed by atoms with van der Waals surface area (Å²) in [5.74, 6) is 0. The molecule has 23 heavy (non-hydrogen) atoms. The van der Waals surface area contributed by atoms with Crippen LogP contribution in [0.5, 0.6) is 0 Å². The van der Waals surface area contributed by atoms with Crippen molar-refractivity contribution in [2.75, 3.05) is 13.1 Å². The van der Waals surface area contributed by atoms with Gasteiger partial charge in [0.2, 0.25) is 0 Å². The van der Waals surface area contributed by atoms with E-state index < -0.39 is 0 Å². The SMILES string of the molecule is NCCCCCCCCCCCCCCCCCCCCCN. The maximum absolute atomic E-state index is 5.50. The van der Waals surface area contributed by atoms with Gasteiger partial charge in [0.25, 0.3) is 0 Å². The first kappa shape index (κ1) is 22.9. The highest BCUT2D eigenvalue weighted by atomic mass is 14.5. The average molecular weight is 327 g/mol. The third-order valence-corrected chi connectivity index (χ3v) is 4.91. The molecule has 0 bridgehead atoms. The van der Waals surface area contributed by atoms with Gasteiger partial charge in [-0.1, -0.05) is 109 Å². The van der Waals surface area contributed by atoms with Crippen LogP contribution in [0, 0.1) is 0 Å². The zero-order chi connectivity index (χ0) is 16.8. The third kappa shape index (κ3) is 21.9. The molecule has 0 aromatic rings. The first-order valence-corrected chi connectivity index (χ1v) is 10.8. The Hall–Kier alpha value is -0.0800. The molecule has 0 aliphatic carbocycles. The molecule has 2 nitrogen and oxygen atoms in total. The van der Waals surface area contributed by atoms with E-state index in [1.54, 1.807) is 0 Å². The van der Waals surface area contributed by atoms with E-state index >= 15 is 0 Å². The number of hydrogen-bond donors (Lipinski definition) is 2. The van der Waals surface area contributed by atoms with E-state index in [4.69, 9.17) is 11.5 Å². The van der Waals surface area contributed by atoms with Crippen molar-refractivity contribution in [3.8, 4) is 0 Å². The molecule has 140 valence electrons. The molecule has 0 aromatic heterocycles. The topological polar surface area (TPSA) is 52.0 Å². The predicted molar refractivity (Wildman–Crippen MR) is 106 cm³/mol. The normalized spacial score (nSPS) is 11.2. The van der Waals surface area contributed by atoms with Crippen LogP contribution in [0.2, 0.25) is 0 Å². The Bertz CT molecular complexity index is 174. The smallest absolute Gasteiger partial charge is 0.00773 e. The van der Waals surface area contributed by atoms with Crippen molar-refractivity contribution in [3.63, 3.8) is 0 Å². The van der Waals surface area contributed by atoms with Gasteiger partial charge in [0, 0.05) is 0 Å². The van der Waals surface area contributed by atoms with Gasteiger partial charge in [-0.3, -0.25) is 0 Å². The van der Waals surface area contributed by atoms with Gasteiger partial charge in [0.1, 0.15) is 0 Å². The largest absolute Gasteiger partial charge is 0.330 e. The molecule has 2 heteroatoms. The Morgan fingerprint density at radius 3 is 0.478 bits per heavy atom. The van der Waals surface area contributed by atoms with Gasteiger partial charge in [-0.25, -0.2) is 0 Å². The minimum Gasteiger partial charge on any atom is -0.330 e. The van der Waals surface area contributed by atoms with Crippen LogP contribution in [0.4, 0.5) is 0 Å². The van der Waals surface area contributed by atoms with Crippen LogP contribution in [0.15, 0.2) is 0 Å². The fourth-order valence-corrected chi connectivity index (χ4v) is 3.29. The van der Waals surface area contributed by atoms with Crippen LogP contribution in [-0.4, -0.2) is 13.1 Å². The predicted octanol–water partition coefficient (Wildman–Crippen LogP) is 6.32. The molecule has 0 fully saturated rings. The van der Waals surface area contributed by atoms with Crippen LogP contribution in [0.3, 0.4) is 0 Å². The zero-order valence-corrected chi connectivity index (χ0v) is 16.0. The van der Waals surface area contributed by atoms with E-state index in [-0.39, 0.29) is 0 Å². The fraction of sp³-hybridized carbons (Fsp3) is 1.00. The Kier molecular flexibility index (Phi) is 21.8. The van der Waals surface area contributed by atoms with Crippen molar-refractivity contribution in [2.45, 2.75) is 122 Å². The average Bonchev–Trinajstić information content (AvgIpc) is 2.57. The van der Waals surface area contributed by atoms with E-state index in [1.165, 1.54) is 122 Å². The first-order valence-electron chi connectivity index (χ1n) is 10.8. The fourth-order valence-electron chi connectivity index (χ4n) is 3.29. The van der Waals surface area contributed by atoms with Crippen LogP contribution in [0.25, 0.3) is 0 Å². The zero-order valence-electron chi connectivity index (χ0n) is 16.0. The van der Waals surface area contributed by atoms with Crippen LogP contribution in [0.1, 0.15) is 122 Å². The molecule has 0 saturated carbocycles. The van der Waals surface area contributed by atoms with Crippen molar-refractivity contribution in [3.05, 3.63) is 0 Å². The standard InChI is InChI=1S/C21H46N2/c22-20-18-16-14-12-10-8-6-4-2-1-3-5-7-9-11-13-15-17-19-21-23/h1-23H2. The Labute approximate surface area is 147 Å². The summed E-state index contributed by atoms with van der Waals surface area (Å²) in [7, 11) is 0. The van der Waals surface area contributed by atoms with Crippen molar-refractivity contribution in [2.24, 2.45) is 11.5 Å². The van der Waals surface area contributed by atoms with Crippen molar-refractivity contribution in [1.29, 1.82) is 0 Å². The summed E-state index contributed by atoms with van der Waals surface area (Å²) < 4.78 is 0. The van der Waals surface area contributed by atoms with E-state index in [0.29, 0.717) is 0 Å². The first-order chi connectivity index (χ1) is 11.4. The maximum Gasteiger partial charge on any atom is -0.00773 e. The molecule has 0 aliphatic heterocycles. The lowest BCUT2D eigenvalue weighted by Gasteiger charge is -2.04. The van der Waals surface area contributed by atoms with E-state index in [9.17, 15) is 0 Å². The molecule has 4 N–H and O–H groups in total. The van der Waals surface area contributed by atoms with Gasteiger partial charge in [0.05, 0.1) is 0 Å². The molecule has 0 amide bonds. The van der Waals surface area contributed by atoms with Crippen molar-refractivity contribution >= 4 is 0 Å². The summed E-state index contributed by atoms with van der Waals surface area (Å²) in [4.78, 5) is 0. The molecular formula is C21H46N2. The lowest BCUT2D eigenvalue weighted by molar-refractivity contribution is 0.523. The molecule has 0 unspecified atom stereocenters. The molecule has 0 rings (SSSR count). The molecule has 0 atom stereocenters. The van der Waals surface area contributed by atoms with Crippen LogP contribution in [-0.2, 0) is 0 Å². The highest BCUT2D eigenvalue weighted by Gasteiger charge is 1.95. The van der Waals surface area contributed by atoms with E-state index in [1.807, 2.05) is 0 Å².